The van der Waals surface area contributed by atoms with Crippen molar-refractivity contribution in [2.24, 2.45) is 0 Å². The summed E-state index contributed by atoms with van der Waals surface area (Å²) in [5, 5.41) is 5.89. The van der Waals surface area contributed by atoms with E-state index >= 15 is 0 Å². The molecule has 1 aromatic carbocycles. The second-order valence-corrected chi connectivity index (χ2v) is 6.71. The van der Waals surface area contributed by atoms with E-state index in [4.69, 9.17) is 0 Å². The van der Waals surface area contributed by atoms with Crippen LogP contribution in [0.3, 0.4) is 0 Å². The Labute approximate surface area is 146 Å². The quantitative estimate of drug-likeness (QED) is 0.721. The molecule has 0 bridgehead atoms. The van der Waals surface area contributed by atoms with E-state index in [0.717, 1.165) is 20.9 Å². The van der Waals surface area contributed by atoms with Crippen LogP contribution < -0.4 is 5.32 Å². The molecule has 0 radical (unpaired) electrons. The van der Waals surface area contributed by atoms with Crippen LogP contribution in [0.2, 0.25) is 0 Å². The molecule has 3 aromatic rings. The topological polar surface area (TPSA) is 54.9 Å². The van der Waals surface area contributed by atoms with Gasteiger partial charge in [0, 0.05) is 34.6 Å². The Morgan fingerprint density at radius 1 is 1.13 bits per heavy atom. The Morgan fingerprint density at radius 3 is 2.70 bits per heavy atom. The van der Waals surface area contributed by atoms with Gasteiger partial charge in [0.1, 0.15) is 0 Å². The van der Waals surface area contributed by atoms with Gasteiger partial charge in [-0.3, -0.25) is 9.78 Å². The summed E-state index contributed by atoms with van der Waals surface area (Å²) in [6, 6.07) is 13.1. The first-order chi connectivity index (χ1) is 11.2. The summed E-state index contributed by atoms with van der Waals surface area (Å²) in [6.07, 6.45) is 2.46. The van der Waals surface area contributed by atoms with Crippen molar-refractivity contribution in [2.75, 3.05) is 6.54 Å². The highest BCUT2D eigenvalue weighted by Crippen LogP contribution is 2.19. The molecule has 0 unspecified atom stereocenters. The Kier molecular flexibility index (Phi) is 5.15. The van der Waals surface area contributed by atoms with Crippen molar-refractivity contribution in [3.05, 3.63) is 69.1 Å². The largest absolute Gasteiger partial charge is 0.352 e. The summed E-state index contributed by atoms with van der Waals surface area (Å²) in [6.45, 7) is 0.560. The van der Waals surface area contributed by atoms with Gasteiger partial charge in [-0.05, 0) is 36.4 Å². The van der Waals surface area contributed by atoms with Gasteiger partial charge in [0.2, 0.25) is 0 Å². The van der Waals surface area contributed by atoms with Crippen molar-refractivity contribution in [3.8, 4) is 11.4 Å². The van der Waals surface area contributed by atoms with Crippen LogP contribution in [-0.2, 0) is 6.42 Å². The molecule has 2 heterocycles. The lowest BCUT2D eigenvalue weighted by atomic mass is 10.2. The lowest BCUT2D eigenvalue weighted by Crippen LogP contribution is -2.25. The van der Waals surface area contributed by atoms with Crippen LogP contribution in [0.25, 0.3) is 11.4 Å². The molecule has 23 heavy (non-hydrogen) atoms. The summed E-state index contributed by atoms with van der Waals surface area (Å²) in [5.74, 6) is -0.0704. The van der Waals surface area contributed by atoms with Crippen LogP contribution in [0.4, 0.5) is 0 Å². The van der Waals surface area contributed by atoms with Crippen LogP contribution in [0.1, 0.15) is 15.4 Å². The SMILES string of the molecule is O=C(NCCc1nc(-c2ccccn2)cs1)c1ccc(Br)cc1. The van der Waals surface area contributed by atoms with Gasteiger partial charge >= 0.3 is 0 Å². The molecule has 3 rings (SSSR count). The number of nitrogens with zero attached hydrogens (tertiary/aromatic N) is 2. The van der Waals surface area contributed by atoms with Crippen LogP contribution in [0, 0.1) is 0 Å². The Morgan fingerprint density at radius 2 is 1.96 bits per heavy atom. The van der Waals surface area contributed by atoms with E-state index in [1.807, 2.05) is 35.7 Å². The van der Waals surface area contributed by atoms with Crippen molar-refractivity contribution in [3.63, 3.8) is 0 Å². The summed E-state index contributed by atoms with van der Waals surface area (Å²) in [5.41, 5.74) is 2.40. The molecule has 1 amide bonds. The fourth-order valence-corrected chi connectivity index (χ4v) is 3.10. The van der Waals surface area contributed by atoms with Crippen molar-refractivity contribution < 1.29 is 4.79 Å². The Bertz CT molecular complexity index is 787. The fourth-order valence-electron chi connectivity index (χ4n) is 2.04. The van der Waals surface area contributed by atoms with Gasteiger partial charge in [-0.1, -0.05) is 22.0 Å². The summed E-state index contributed by atoms with van der Waals surface area (Å²) in [7, 11) is 0. The number of carbonyl (C=O) groups is 1. The normalized spacial score (nSPS) is 10.5. The van der Waals surface area contributed by atoms with E-state index in [1.54, 1.807) is 29.7 Å². The average molecular weight is 388 g/mol. The predicted octanol–water partition coefficient (Wildman–Crippen LogP) is 3.94. The third-order valence-corrected chi connectivity index (χ3v) is 4.65. The molecular weight excluding hydrogens is 374 g/mol. The molecule has 2 aromatic heterocycles. The highest BCUT2D eigenvalue weighted by Gasteiger charge is 2.07. The Balaban J connectivity index is 1.54. The van der Waals surface area contributed by atoms with E-state index in [1.165, 1.54) is 0 Å². The second kappa shape index (κ2) is 7.48. The first kappa shape index (κ1) is 15.8. The molecule has 0 atom stereocenters. The third kappa shape index (κ3) is 4.24. The van der Waals surface area contributed by atoms with Gasteiger partial charge in [0.05, 0.1) is 16.4 Å². The first-order valence-electron chi connectivity index (χ1n) is 7.12. The maximum atomic E-state index is 12.0. The fraction of sp³-hybridized carbons (Fsp3) is 0.118. The van der Waals surface area contributed by atoms with Crippen molar-refractivity contribution in [2.45, 2.75) is 6.42 Å². The maximum absolute atomic E-state index is 12.0. The summed E-state index contributed by atoms with van der Waals surface area (Å²) >= 11 is 4.94. The highest BCUT2D eigenvalue weighted by molar-refractivity contribution is 9.10. The van der Waals surface area contributed by atoms with Crippen LogP contribution in [0.15, 0.2) is 58.5 Å². The Hall–Kier alpha value is -2.05. The van der Waals surface area contributed by atoms with Crippen molar-refractivity contribution >= 4 is 33.2 Å². The van der Waals surface area contributed by atoms with E-state index in [2.05, 4.69) is 31.2 Å². The average Bonchev–Trinajstić information content (AvgIpc) is 3.05. The van der Waals surface area contributed by atoms with Crippen LogP contribution >= 0.6 is 27.3 Å². The van der Waals surface area contributed by atoms with Gasteiger partial charge in [-0.15, -0.1) is 11.3 Å². The zero-order valence-corrected chi connectivity index (χ0v) is 14.6. The van der Waals surface area contributed by atoms with Gasteiger partial charge in [-0.2, -0.15) is 0 Å². The van der Waals surface area contributed by atoms with Crippen LogP contribution in [-0.4, -0.2) is 22.4 Å². The molecule has 1 N–H and O–H groups in total. The summed E-state index contributed by atoms with van der Waals surface area (Å²) < 4.78 is 0.957. The first-order valence-corrected chi connectivity index (χ1v) is 8.79. The number of aromatic nitrogens is 2. The monoisotopic (exact) mass is 387 g/mol. The number of rotatable bonds is 5. The molecule has 0 saturated heterocycles. The minimum Gasteiger partial charge on any atom is -0.352 e. The molecule has 0 saturated carbocycles. The molecule has 0 aliphatic carbocycles. The number of thiazole rings is 1. The molecule has 4 nitrogen and oxygen atoms in total. The molecule has 116 valence electrons. The molecule has 0 aliphatic heterocycles. The number of pyridine rings is 1. The zero-order chi connectivity index (χ0) is 16.1. The number of amides is 1. The third-order valence-electron chi connectivity index (χ3n) is 3.21. The van der Waals surface area contributed by atoms with E-state index in [9.17, 15) is 4.79 Å². The minimum absolute atomic E-state index is 0.0704. The zero-order valence-electron chi connectivity index (χ0n) is 12.2. The molecule has 0 spiro atoms. The van der Waals surface area contributed by atoms with Crippen molar-refractivity contribution in [1.29, 1.82) is 0 Å². The number of benzene rings is 1. The second-order valence-electron chi connectivity index (χ2n) is 4.85. The van der Waals surface area contributed by atoms with Crippen molar-refractivity contribution in [1.82, 2.24) is 15.3 Å². The van der Waals surface area contributed by atoms with E-state index in [0.29, 0.717) is 18.5 Å². The van der Waals surface area contributed by atoms with E-state index < -0.39 is 0 Å². The molecule has 6 heteroatoms. The molecule has 0 aliphatic rings. The summed E-state index contributed by atoms with van der Waals surface area (Å²) in [4.78, 5) is 20.9. The number of carbonyl (C=O) groups excluding carboxylic acids is 1. The number of nitrogens with one attached hydrogen (secondary N) is 1. The van der Waals surface area contributed by atoms with Crippen LogP contribution in [0.5, 0.6) is 0 Å². The number of hydrogen-bond donors (Lipinski definition) is 1. The standard InChI is InChI=1S/C17H14BrN3OS/c18-13-6-4-12(5-7-13)17(22)20-10-8-16-21-15(11-23-16)14-3-1-2-9-19-14/h1-7,9,11H,8,10H2,(H,20,22). The lowest BCUT2D eigenvalue weighted by Gasteiger charge is -2.04. The van der Waals surface area contributed by atoms with Gasteiger partial charge in [-0.25, -0.2) is 4.98 Å². The number of halogens is 1. The van der Waals surface area contributed by atoms with E-state index in [-0.39, 0.29) is 5.91 Å². The predicted molar refractivity (Wildman–Crippen MR) is 95.5 cm³/mol. The minimum atomic E-state index is -0.0704. The maximum Gasteiger partial charge on any atom is 0.251 e. The number of hydrogen-bond acceptors (Lipinski definition) is 4. The molecule has 0 fully saturated rings. The molecular formula is C17H14BrN3OS. The highest BCUT2D eigenvalue weighted by atomic mass is 79.9. The lowest BCUT2D eigenvalue weighted by molar-refractivity contribution is 0.0954. The van der Waals surface area contributed by atoms with Gasteiger partial charge in [0.15, 0.2) is 0 Å². The van der Waals surface area contributed by atoms with Gasteiger partial charge in [0.25, 0.3) is 5.91 Å². The smallest absolute Gasteiger partial charge is 0.251 e. The van der Waals surface area contributed by atoms with Gasteiger partial charge < -0.3 is 5.32 Å².